The van der Waals surface area contributed by atoms with E-state index in [1.807, 2.05) is 13.0 Å². The summed E-state index contributed by atoms with van der Waals surface area (Å²) in [7, 11) is 1.56. The minimum Gasteiger partial charge on any atom is -0.389 e. The van der Waals surface area contributed by atoms with Crippen LogP contribution in [0, 0.1) is 6.92 Å². The van der Waals surface area contributed by atoms with E-state index < -0.39 is 6.10 Å². The topological polar surface area (TPSA) is 54.4 Å². The Labute approximate surface area is 97.8 Å². The first-order valence-electron chi connectivity index (χ1n) is 4.67. The normalized spacial score (nSPS) is 12.5. The largest absolute Gasteiger partial charge is 0.389 e. The van der Waals surface area contributed by atoms with Crippen LogP contribution in [0.2, 0.25) is 0 Å². The smallest absolute Gasteiger partial charge is 0.140 e. The molecule has 2 N–H and O–H groups in total. The van der Waals surface area contributed by atoms with Gasteiger partial charge in [-0.2, -0.15) is 0 Å². The molecule has 1 rings (SSSR count). The van der Waals surface area contributed by atoms with E-state index in [9.17, 15) is 5.11 Å². The molecule has 0 saturated heterocycles. The van der Waals surface area contributed by atoms with Gasteiger partial charge in [-0.3, -0.25) is 0 Å². The van der Waals surface area contributed by atoms with Gasteiger partial charge in [0.1, 0.15) is 5.82 Å². The molecule has 0 aliphatic rings. The summed E-state index contributed by atoms with van der Waals surface area (Å²) < 4.78 is 5.75. The molecule has 0 spiro atoms. The lowest BCUT2D eigenvalue weighted by molar-refractivity contribution is 0.0727. The summed E-state index contributed by atoms with van der Waals surface area (Å²) in [5.41, 5.74) is 1.11. The van der Waals surface area contributed by atoms with Crippen LogP contribution in [-0.4, -0.2) is 36.5 Å². The van der Waals surface area contributed by atoms with Gasteiger partial charge in [-0.25, -0.2) is 4.98 Å². The van der Waals surface area contributed by atoms with E-state index in [0.717, 1.165) is 15.9 Å². The van der Waals surface area contributed by atoms with Crippen molar-refractivity contribution in [3.05, 3.63) is 22.3 Å². The molecule has 4 nitrogen and oxygen atoms in total. The highest BCUT2D eigenvalue weighted by Gasteiger charge is 2.06. The fourth-order valence-corrected chi connectivity index (χ4v) is 1.50. The van der Waals surface area contributed by atoms with Crippen LogP contribution in [0.25, 0.3) is 0 Å². The van der Waals surface area contributed by atoms with Crippen molar-refractivity contribution in [3.63, 3.8) is 0 Å². The Morgan fingerprint density at radius 3 is 3.07 bits per heavy atom. The first kappa shape index (κ1) is 12.4. The van der Waals surface area contributed by atoms with Crippen molar-refractivity contribution in [2.24, 2.45) is 0 Å². The van der Waals surface area contributed by atoms with Crippen molar-refractivity contribution in [2.45, 2.75) is 13.0 Å². The Hall–Kier alpha value is -0.650. The first-order chi connectivity index (χ1) is 7.15. The number of aliphatic hydroxyl groups is 1. The molecule has 0 fully saturated rings. The standard InChI is InChI=1S/C10H15BrN2O2/c1-7-3-4-12-10(9(7)11)13-5-8(14)6-15-2/h3-4,8,14H,5-6H2,1-2H3,(H,12,13). The molecule has 0 aliphatic heterocycles. The second kappa shape index (κ2) is 6.05. The zero-order valence-electron chi connectivity index (χ0n) is 8.83. The molecule has 0 bridgehead atoms. The van der Waals surface area contributed by atoms with Gasteiger partial charge in [0, 0.05) is 19.9 Å². The van der Waals surface area contributed by atoms with E-state index in [0.29, 0.717) is 13.2 Å². The predicted octanol–water partition coefficient (Wildman–Crippen LogP) is 1.57. The maximum atomic E-state index is 9.44. The number of ether oxygens (including phenoxy) is 1. The van der Waals surface area contributed by atoms with Crippen molar-refractivity contribution >= 4 is 21.7 Å². The highest BCUT2D eigenvalue weighted by molar-refractivity contribution is 9.10. The van der Waals surface area contributed by atoms with Crippen LogP contribution < -0.4 is 5.32 Å². The van der Waals surface area contributed by atoms with E-state index in [1.54, 1.807) is 13.3 Å². The Morgan fingerprint density at radius 1 is 1.67 bits per heavy atom. The number of nitrogens with one attached hydrogen (secondary N) is 1. The molecule has 0 radical (unpaired) electrons. The number of anilines is 1. The monoisotopic (exact) mass is 274 g/mol. The van der Waals surface area contributed by atoms with Crippen molar-refractivity contribution in [2.75, 3.05) is 25.6 Å². The highest BCUT2D eigenvalue weighted by Crippen LogP contribution is 2.22. The van der Waals surface area contributed by atoms with Crippen LogP contribution in [0.5, 0.6) is 0 Å². The molecule has 15 heavy (non-hydrogen) atoms. The van der Waals surface area contributed by atoms with Gasteiger partial charge in [0.05, 0.1) is 17.2 Å². The van der Waals surface area contributed by atoms with Crippen LogP contribution in [0.3, 0.4) is 0 Å². The maximum absolute atomic E-state index is 9.44. The Balaban J connectivity index is 2.54. The van der Waals surface area contributed by atoms with Crippen LogP contribution in [0.1, 0.15) is 5.56 Å². The average molecular weight is 275 g/mol. The van der Waals surface area contributed by atoms with E-state index in [-0.39, 0.29) is 0 Å². The van der Waals surface area contributed by atoms with Gasteiger partial charge in [-0.1, -0.05) is 0 Å². The van der Waals surface area contributed by atoms with Crippen LogP contribution in [0.4, 0.5) is 5.82 Å². The van der Waals surface area contributed by atoms with Gasteiger partial charge in [0.2, 0.25) is 0 Å². The fourth-order valence-electron chi connectivity index (χ4n) is 1.13. The number of aryl methyl sites for hydroxylation is 1. The summed E-state index contributed by atoms with van der Waals surface area (Å²) >= 11 is 3.43. The third-order valence-corrected chi connectivity index (χ3v) is 2.95. The van der Waals surface area contributed by atoms with Crippen molar-refractivity contribution in [1.82, 2.24) is 4.98 Å². The van der Waals surface area contributed by atoms with Gasteiger partial charge < -0.3 is 15.2 Å². The lowest BCUT2D eigenvalue weighted by Gasteiger charge is -2.12. The number of aliphatic hydroxyl groups excluding tert-OH is 1. The number of rotatable bonds is 5. The number of nitrogens with zero attached hydrogens (tertiary/aromatic N) is 1. The third-order valence-electron chi connectivity index (χ3n) is 1.95. The number of halogens is 1. The molecular weight excluding hydrogens is 260 g/mol. The molecule has 1 unspecified atom stereocenters. The predicted molar refractivity (Wildman–Crippen MR) is 63.0 cm³/mol. The SMILES string of the molecule is COCC(O)CNc1nccc(C)c1Br. The third kappa shape index (κ3) is 3.77. The molecule has 84 valence electrons. The van der Waals surface area contributed by atoms with Crippen LogP contribution in [0.15, 0.2) is 16.7 Å². The van der Waals surface area contributed by atoms with Gasteiger partial charge in [-0.15, -0.1) is 0 Å². The summed E-state index contributed by atoms with van der Waals surface area (Å²) in [5.74, 6) is 0.741. The molecule has 1 atom stereocenters. The molecule has 0 saturated carbocycles. The van der Waals surface area contributed by atoms with Crippen molar-refractivity contribution in [1.29, 1.82) is 0 Å². The molecule has 1 aromatic rings. The van der Waals surface area contributed by atoms with Crippen molar-refractivity contribution < 1.29 is 9.84 Å². The number of methoxy groups -OCH3 is 1. The zero-order valence-corrected chi connectivity index (χ0v) is 10.4. The Bertz CT molecular complexity index is 320. The molecular formula is C10H15BrN2O2. The van der Waals surface area contributed by atoms with E-state index >= 15 is 0 Å². The molecule has 5 heteroatoms. The molecule has 1 aromatic heterocycles. The minimum atomic E-state index is -0.524. The van der Waals surface area contributed by atoms with Gasteiger partial charge in [-0.05, 0) is 34.5 Å². The number of hydrogen-bond donors (Lipinski definition) is 2. The summed E-state index contributed by atoms with van der Waals surface area (Å²) in [4.78, 5) is 4.16. The van der Waals surface area contributed by atoms with Crippen molar-refractivity contribution in [3.8, 4) is 0 Å². The Morgan fingerprint density at radius 2 is 2.40 bits per heavy atom. The van der Waals surface area contributed by atoms with Gasteiger partial charge in [0.25, 0.3) is 0 Å². The summed E-state index contributed by atoms with van der Waals surface area (Å²) in [5, 5.41) is 12.5. The zero-order chi connectivity index (χ0) is 11.3. The van der Waals surface area contributed by atoms with Gasteiger partial charge in [0.15, 0.2) is 0 Å². The number of hydrogen-bond acceptors (Lipinski definition) is 4. The molecule has 0 amide bonds. The second-order valence-corrected chi connectivity index (χ2v) is 4.07. The fraction of sp³-hybridized carbons (Fsp3) is 0.500. The van der Waals surface area contributed by atoms with E-state index in [2.05, 4.69) is 26.2 Å². The first-order valence-corrected chi connectivity index (χ1v) is 5.46. The summed E-state index contributed by atoms with van der Waals surface area (Å²) in [6.07, 6.45) is 1.20. The minimum absolute atomic E-state index is 0.316. The van der Waals surface area contributed by atoms with Crippen LogP contribution in [-0.2, 0) is 4.74 Å². The van der Waals surface area contributed by atoms with E-state index in [4.69, 9.17) is 4.74 Å². The number of pyridine rings is 1. The average Bonchev–Trinajstić information content (AvgIpc) is 2.21. The van der Waals surface area contributed by atoms with E-state index in [1.165, 1.54) is 0 Å². The molecule has 0 aliphatic carbocycles. The quantitative estimate of drug-likeness (QED) is 0.856. The molecule has 1 heterocycles. The van der Waals surface area contributed by atoms with Gasteiger partial charge >= 0.3 is 0 Å². The highest BCUT2D eigenvalue weighted by atomic mass is 79.9. The van der Waals surface area contributed by atoms with Crippen LogP contribution >= 0.6 is 15.9 Å². The molecule has 0 aromatic carbocycles. The summed E-state index contributed by atoms with van der Waals surface area (Å²) in [6, 6.07) is 1.92. The lowest BCUT2D eigenvalue weighted by atomic mass is 10.3. The maximum Gasteiger partial charge on any atom is 0.140 e. The Kier molecular flexibility index (Phi) is 5.01. The lowest BCUT2D eigenvalue weighted by Crippen LogP contribution is -2.24. The number of aromatic nitrogens is 1. The summed E-state index contributed by atoms with van der Waals surface area (Å²) in [6.45, 7) is 2.72. The second-order valence-electron chi connectivity index (χ2n) is 3.28.